The molecule has 0 saturated carbocycles. The maximum atomic E-state index is 12.5. The number of carbonyl (C=O) groups excluding carboxylic acids is 1. The normalized spacial score (nSPS) is 11.6. The van der Waals surface area contributed by atoms with Gasteiger partial charge in [0.05, 0.1) is 37.4 Å². The average Bonchev–Trinajstić information content (AvgIpc) is 2.60. The van der Waals surface area contributed by atoms with Crippen molar-refractivity contribution in [1.82, 2.24) is 5.32 Å². The van der Waals surface area contributed by atoms with Gasteiger partial charge < -0.3 is 19.5 Å². The Morgan fingerprint density at radius 2 is 1.64 bits per heavy atom. The number of hydrogen-bond acceptors (Lipinski definition) is 4. The summed E-state index contributed by atoms with van der Waals surface area (Å²) in [5, 5.41) is 3.44. The zero-order valence-corrected chi connectivity index (χ0v) is 15.9. The maximum absolute atomic E-state index is 12.5. The lowest BCUT2D eigenvalue weighted by molar-refractivity contribution is 0.0939. The van der Waals surface area contributed by atoms with E-state index in [9.17, 15) is 4.79 Å². The summed E-state index contributed by atoms with van der Waals surface area (Å²) in [5.41, 5.74) is 1.13. The minimum atomic E-state index is -0.322. The Morgan fingerprint density at radius 3 is 2.16 bits per heavy atom. The van der Waals surface area contributed by atoms with Gasteiger partial charge in [0.15, 0.2) is 5.75 Å². The van der Waals surface area contributed by atoms with E-state index in [0.717, 1.165) is 5.56 Å². The van der Waals surface area contributed by atoms with E-state index in [2.05, 4.69) is 5.32 Å². The van der Waals surface area contributed by atoms with Gasteiger partial charge in [-0.1, -0.05) is 23.2 Å². The molecule has 1 N–H and O–H groups in total. The summed E-state index contributed by atoms with van der Waals surface area (Å²) in [6, 6.07) is 8.10. The first-order chi connectivity index (χ1) is 11.9. The van der Waals surface area contributed by atoms with Crippen molar-refractivity contribution in [3.05, 3.63) is 51.5 Å². The van der Waals surface area contributed by atoms with Crippen LogP contribution < -0.4 is 19.5 Å². The average molecular weight is 384 g/mol. The highest BCUT2D eigenvalue weighted by molar-refractivity contribution is 6.37. The van der Waals surface area contributed by atoms with Gasteiger partial charge in [-0.05, 0) is 37.3 Å². The zero-order valence-electron chi connectivity index (χ0n) is 14.4. The summed E-state index contributed by atoms with van der Waals surface area (Å²) >= 11 is 12.2. The van der Waals surface area contributed by atoms with E-state index in [0.29, 0.717) is 22.8 Å². The third-order valence-electron chi connectivity index (χ3n) is 3.72. The number of rotatable bonds is 6. The number of methoxy groups -OCH3 is 3. The van der Waals surface area contributed by atoms with Gasteiger partial charge in [-0.25, -0.2) is 0 Å². The highest BCUT2D eigenvalue weighted by Gasteiger charge is 2.18. The second-order valence-corrected chi connectivity index (χ2v) is 6.09. The van der Waals surface area contributed by atoms with Gasteiger partial charge in [0, 0.05) is 11.1 Å². The van der Waals surface area contributed by atoms with Crippen LogP contribution >= 0.6 is 23.2 Å². The fraction of sp³-hybridized carbons (Fsp3) is 0.278. The number of amides is 1. The quantitative estimate of drug-likeness (QED) is 0.796. The van der Waals surface area contributed by atoms with E-state index in [4.69, 9.17) is 37.4 Å². The molecule has 0 aliphatic carbocycles. The van der Waals surface area contributed by atoms with Gasteiger partial charge in [-0.3, -0.25) is 4.79 Å². The molecular formula is C18H19Cl2NO4. The molecule has 0 bridgehead atoms. The number of halogens is 2. The first-order valence-corrected chi connectivity index (χ1v) is 8.22. The number of ether oxygens (including phenoxy) is 3. The van der Waals surface area contributed by atoms with E-state index in [-0.39, 0.29) is 22.0 Å². The lowest BCUT2D eigenvalue weighted by atomic mass is 10.1. The Morgan fingerprint density at radius 1 is 1.00 bits per heavy atom. The molecule has 0 saturated heterocycles. The van der Waals surface area contributed by atoms with Crippen LogP contribution in [0.3, 0.4) is 0 Å². The molecule has 0 aliphatic heterocycles. The summed E-state index contributed by atoms with van der Waals surface area (Å²) in [6.07, 6.45) is 0. The lowest BCUT2D eigenvalue weighted by Crippen LogP contribution is -2.27. The van der Waals surface area contributed by atoms with Crippen LogP contribution in [-0.4, -0.2) is 27.2 Å². The molecule has 7 heteroatoms. The van der Waals surface area contributed by atoms with Crippen LogP contribution in [0.25, 0.3) is 0 Å². The molecule has 1 amide bonds. The smallest absolute Gasteiger partial charge is 0.251 e. The number of nitrogens with one attached hydrogen (secondary N) is 1. The zero-order chi connectivity index (χ0) is 18.6. The third kappa shape index (κ3) is 4.30. The van der Waals surface area contributed by atoms with Crippen molar-refractivity contribution in [2.24, 2.45) is 0 Å². The van der Waals surface area contributed by atoms with Crippen molar-refractivity contribution in [1.29, 1.82) is 0 Å². The third-order valence-corrected chi connectivity index (χ3v) is 4.28. The van der Waals surface area contributed by atoms with E-state index in [1.807, 2.05) is 13.0 Å². The van der Waals surface area contributed by atoms with E-state index in [1.165, 1.54) is 19.2 Å². The SMILES string of the molecule is COc1ccc(OC)c([C@@H](C)NC(=O)c2cc(Cl)c(OC)c(Cl)c2)c1. The summed E-state index contributed by atoms with van der Waals surface area (Å²) in [7, 11) is 4.61. The van der Waals surface area contributed by atoms with Crippen molar-refractivity contribution >= 4 is 29.1 Å². The summed E-state index contributed by atoms with van der Waals surface area (Å²) in [4.78, 5) is 12.5. The molecule has 0 spiro atoms. The first-order valence-electron chi connectivity index (χ1n) is 7.47. The summed E-state index contributed by atoms with van der Waals surface area (Å²) in [5.74, 6) is 1.35. The fourth-order valence-corrected chi connectivity index (χ4v) is 3.06. The largest absolute Gasteiger partial charge is 0.497 e. The Balaban J connectivity index is 2.26. The molecule has 0 radical (unpaired) electrons. The second-order valence-electron chi connectivity index (χ2n) is 5.28. The second kappa shape index (κ2) is 8.32. The number of hydrogen-bond donors (Lipinski definition) is 1. The first kappa shape index (κ1) is 19.2. The molecule has 0 unspecified atom stereocenters. The van der Waals surface area contributed by atoms with Crippen LogP contribution in [0, 0.1) is 0 Å². The van der Waals surface area contributed by atoms with Crippen molar-refractivity contribution in [2.45, 2.75) is 13.0 Å². The number of carbonyl (C=O) groups is 1. The van der Waals surface area contributed by atoms with Gasteiger partial charge in [-0.2, -0.15) is 0 Å². The molecule has 25 heavy (non-hydrogen) atoms. The standard InChI is InChI=1S/C18H19Cl2NO4/c1-10(13-9-12(23-2)5-6-16(13)24-3)21-18(22)11-7-14(19)17(25-4)15(20)8-11/h5-10H,1-4H3,(H,21,22)/t10-/m1/s1. The highest BCUT2D eigenvalue weighted by atomic mass is 35.5. The Hall–Kier alpha value is -2.11. The van der Waals surface area contributed by atoms with Crippen LogP contribution in [0.15, 0.2) is 30.3 Å². The summed E-state index contributed by atoms with van der Waals surface area (Å²) in [6.45, 7) is 1.85. The monoisotopic (exact) mass is 383 g/mol. The Bertz CT molecular complexity index is 757. The van der Waals surface area contributed by atoms with Crippen LogP contribution in [0.2, 0.25) is 10.0 Å². The maximum Gasteiger partial charge on any atom is 0.251 e. The van der Waals surface area contributed by atoms with Crippen LogP contribution in [-0.2, 0) is 0 Å². The van der Waals surface area contributed by atoms with Gasteiger partial charge in [0.2, 0.25) is 0 Å². The predicted molar refractivity (Wildman–Crippen MR) is 98.4 cm³/mol. The Labute approximate surface area is 156 Å². The Kier molecular flexibility index (Phi) is 6.39. The predicted octanol–water partition coefficient (Wildman–Crippen LogP) is 4.51. The molecule has 2 aromatic carbocycles. The minimum absolute atomic E-state index is 0.270. The van der Waals surface area contributed by atoms with Gasteiger partial charge in [0.25, 0.3) is 5.91 Å². The molecule has 2 rings (SSSR count). The molecule has 134 valence electrons. The van der Waals surface area contributed by atoms with E-state index >= 15 is 0 Å². The van der Waals surface area contributed by atoms with Gasteiger partial charge in [-0.15, -0.1) is 0 Å². The molecule has 1 atom stereocenters. The van der Waals surface area contributed by atoms with E-state index in [1.54, 1.807) is 26.4 Å². The van der Waals surface area contributed by atoms with Crippen molar-refractivity contribution in [2.75, 3.05) is 21.3 Å². The molecule has 0 fully saturated rings. The molecule has 2 aromatic rings. The number of benzene rings is 2. The van der Waals surface area contributed by atoms with Crippen molar-refractivity contribution < 1.29 is 19.0 Å². The van der Waals surface area contributed by atoms with Gasteiger partial charge >= 0.3 is 0 Å². The van der Waals surface area contributed by atoms with Crippen LogP contribution in [0.1, 0.15) is 28.9 Å². The van der Waals surface area contributed by atoms with Crippen molar-refractivity contribution in [3.8, 4) is 17.2 Å². The molecule has 0 aliphatic rings. The van der Waals surface area contributed by atoms with Crippen LogP contribution in [0.5, 0.6) is 17.2 Å². The van der Waals surface area contributed by atoms with Crippen molar-refractivity contribution in [3.63, 3.8) is 0 Å². The summed E-state index contributed by atoms with van der Waals surface area (Å²) < 4.78 is 15.7. The van der Waals surface area contributed by atoms with E-state index < -0.39 is 0 Å². The molecular weight excluding hydrogens is 365 g/mol. The molecule has 0 heterocycles. The lowest BCUT2D eigenvalue weighted by Gasteiger charge is -2.18. The topological polar surface area (TPSA) is 56.8 Å². The highest BCUT2D eigenvalue weighted by Crippen LogP contribution is 2.34. The molecule has 5 nitrogen and oxygen atoms in total. The van der Waals surface area contributed by atoms with Gasteiger partial charge in [0.1, 0.15) is 11.5 Å². The minimum Gasteiger partial charge on any atom is -0.497 e. The molecule has 0 aromatic heterocycles. The van der Waals surface area contributed by atoms with Crippen LogP contribution in [0.4, 0.5) is 0 Å². The fourth-order valence-electron chi connectivity index (χ4n) is 2.42.